The Hall–Kier alpha value is -1.64. The van der Waals surface area contributed by atoms with Crippen LogP contribution in [0.2, 0.25) is 10.0 Å². The van der Waals surface area contributed by atoms with Crippen molar-refractivity contribution in [1.29, 1.82) is 0 Å². The maximum atomic E-state index is 6.06. The second-order valence-electron chi connectivity index (χ2n) is 4.12. The second-order valence-corrected chi connectivity index (χ2v) is 4.96. The normalized spacial score (nSPS) is 10.8. The molecule has 0 aliphatic rings. The molecule has 3 aromatic rings. The lowest BCUT2D eigenvalue weighted by Gasteiger charge is -2.04. The SMILES string of the molecule is Clc1ccc(OCc2coc3c(Cl)cccc23)cc1. The topological polar surface area (TPSA) is 22.4 Å². The molecule has 0 spiro atoms. The molecular formula is C15H10Cl2O2. The van der Waals surface area contributed by atoms with Gasteiger partial charge in [0.25, 0.3) is 0 Å². The molecule has 0 saturated carbocycles. The van der Waals surface area contributed by atoms with E-state index >= 15 is 0 Å². The van der Waals surface area contributed by atoms with Gasteiger partial charge in [-0.1, -0.05) is 35.3 Å². The molecule has 3 rings (SSSR count). The van der Waals surface area contributed by atoms with Gasteiger partial charge in [0, 0.05) is 16.0 Å². The molecule has 0 saturated heterocycles. The number of rotatable bonds is 3. The van der Waals surface area contributed by atoms with Crippen LogP contribution in [0.1, 0.15) is 5.56 Å². The van der Waals surface area contributed by atoms with E-state index in [-0.39, 0.29) is 0 Å². The van der Waals surface area contributed by atoms with Gasteiger partial charge in [0.2, 0.25) is 0 Å². The molecule has 0 N–H and O–H groups in total. The van der Waals surface area contributed by atoms with Gasteiger partial charge in [0.1, 0.15) is 12.4 Å². The van der Waals surface area contributed by atoms with Gasteiger partial charge in [0.05, 0.1) is 11.3 Å². The quantitative estimate of drug-likeness (QED) is 0.652. The molecule has 19 heavy (non-hydrogen) atoms. The van der Waals surface area contributed by atoms with Crippen LogP contribution in [0.15, 0.2) is 53.1 Å². The lowest BCUT2D eigenvalue weighted by Crippen LogP contribution is -1.93. The van der Waals surface area contributed by atoms with Crippen LogP contribution in [0.4, 0.5) is 0 Å². The fourth-order valence-electron chi connectivity index (χ4n) is 1.88. The molecule has 2 nitrogen and oxygen atoms in total. The first-order chi connectivity index (χ1) is 9.24. The van der Waals surface area contributed by atoms with Crippen molar-refractivity contribution in [2.75, 3.05) is 0 Å². The Kier molecular flexibility index (Phi) is 3.36. The minimum atomic E-state index is 0.426. The van der Waals surface area contributed by atoms with E-state index in [4.69, 9.17) is 32.4 Å². The van der Waals surface area contributed by atoms with E-state index in [0.29, 0.717) is 22.2 Å². The predicted octanol–water partition coefficient (Wildman–Crippen LogP) is 5.32. The summed E-state index contributed by atoms with van der Waals surface area (Å²) in [5.74, 6) is 0.765. The van der Waals surface area contributed by atoms with Crippen LogP contribution in [0.25, 0.3) is 11.0 Å². The first kappa shape index (κ1) is 12.4. The molecule has 0 amide bonds. The summed E-state index contributed by atoms with van der Waals surface area (Å²) in [6.07, 6.45) is 1.67. The van der Waals surface area contributed by atoms with Crippen molar-refractivity contribution in [1.82, 2.24) is 0 Å². The van der Waals surface area contributed by atoms with Gasteiger partial charge in [-0.15, -0.1) is 0 Å². The van der Waals surface area contributed by atoms with Crippen molar-refractivity contribution in [3.8, 4) is 5.75 Å². The monoisotopic (exact) mass is 292 g/mol. The minimum Gasteiger partial charge on any atom is -0.489 e. The van der Waals surface area contributed by atoms with Crippen molar-refractivity contribution in [2.45, 2.75) is 6.61 Å². The Morgan fingerprint density at radius 3 is 2.58 bits per heavy atom. The van der Waals surface area contributed by atoms with Crippen LogP contribution >= 0.6 is 23.2 Å². The molecule has 0 unspecified atom stereocenters. The third kappa shape index (κ3) is 2.55. The number of halogens is 2. The highest BCUT2D eigenvalue weighted by atomic mass is 35.5. The number of benzene rings is 2. The summed E-state index contributed by atoms with van der Waals surface area (Å²) in [6, 6.07) is 12.9. The first-order valence-corrected chi connectivity index (χ1v) is 6.52. The fraction of sp³-hybridized carbons (Fsp3) is 0.0667. The number of furan rings is 1. The van der Waals surface area contributed by atoms with Crippen LogP contribution < -0.4 is 4.74 Å². The lowest BCUT2D eigenvalue weighted by molar-refractivity contribution is 0.306. The molecule has 0 fully saturated rings. The maximum Gasteiger partial charge on any atom is 0.152 e. The van der Waals surface area contributed by atoms with Gasteiger partial charge in [-0.25, -0.2) is 0 Å². The summed E-state index contributed by atoms with van der Waals surface area (Å²) in [5, 5.41) is 2.27. The van der Waals surface area contributed by atoms with E-state index in [1.807, 2.05) is 24.3 Å². The summed E-state index contributed by atoms with van der Waals surface area (Å²) in [7, 11) is 0. The van der Waals surface area contributed by atoms with Crippen LogP contribution in [0.5, 0.6) is 5.75 Å². The Labute approximate surface area is 120 Å². The molecule has 0 bridgehead atoms. The zero-order valence-electron chi connectivity index (χ0n) is 9.90. The Morgan fingerprint density at radius 1 is 1.00 bits per heavy atom. The molecule has 1 aromatic heterocycles. The smallest absolute Gasteiger partial charge is 0.152 e. The Balaban J connectivity index is 1.82. The minimum absolute atomic E-state index is 0.426. The highest BCUT2D eigenvalue weighted by Crippen LogP contribution is 2.28. The molecule has 96 valence electrons. The number of hydrogen-bond acceptors (Lipinski definition) is 2. The molecule has 0 aliphatic carbocycles. The molecule has 4 heteroatoms. The molecule has 0 radical (unpaired) electrons. The fourth-order valence-corrected chi connectivity index (χ4v) is 2.22. The number of fused-ring (bicyclic) bond motifs is 1. The largest absolute Gasteiger partial charge is 0.489 e. The molecule has 0 aliphatic heterocycles. The van der Waals surface area contributed by atoms with E-state index in [1.165, 1.54) is 0 Å². The summed E-state index contributed by atoms with van der Waals surface area (Å²) in [4.78, 5) is 0. The zero-order chi connectivity index (χ0) is 13.2. The standard InChI is InChI=1S/C15H10Cl2O2/c16-11-4-6-12(7-5-11)18-8-10-9-19-15-13(10)2-1-3-14(15)17/h1-7,9H,8H2. The second kappa shape index (κ2) is 5.16. The predicted molar refractivity (Wildman–Crippen MR) is 77.0 cm³/mol. The molecular weight excluding hydrogens is 283 g/mol. The van der Waals surface area contributed by atoms with Crippen molar-refractivity contribution < 1.29 is 9.15 Å². The number of ether oxygens (including phenoxy) is 1. The van der Waals surface area contributed by atoms with Crippen LogP contribution in [0, 0.1) is 0 Å². The molecule has 0 atom stereocenters. The zero-order valence-corrected chi connectivity index (χ0v) is 11.4. The van der Waals surface area contributed by atoms with E-state index in [9.17, 15) is 0 Å². The van der Waals surface area contributed by atoms with Crippen molar-refractivity contribution in [2.24, 2.45) is 0 Å². The summed E-state index contributed by atoms with van der Waals surface area (Å²) in [6.45, 7) is 0.426. The van der Waals surface area contributed by atoms with Gasteiger partial charge in [0.15, 0.2) is 5.58 Å². The third-order valence-corrected chi connectivity index (χ3v) is 3.39. The number of para-hydroxylation sites is 1. The van der Waals surface area contributed by atoms with Gasteiger partial charge >= 0.3 is 0 Å². The average Bonchev–Trinajstić information content (AvgIpc) is 2.83. The molecule has 2 aromatic carbocycles. The van der Waals surface area contributed by atoms with E-state index in [0.717, 1.165) is 16.7 Å². The van der Waals surface area contributed by atoms with Crippen LogP contribution in [-0.4, -0.2) is 0 Å². The van der Waals surface area contributed by atoms with Gasteiger partial charge in [-0.05, 0) is 30.3 Å². The van der Waals surface area contributed by atoms with Crippen LogP contribution in [0.3, 0.4) is 0 Å². The van der Waals surface area contributed by atoms with E-state index in [2.05, 4.69) is 0 Å². The summed E-state index contributed by atoms with van der Waals surface area (Å²) >= 11 is 11.9. The maximum absolute atomic E-state index is 6.06. The Bertz CT molecular complexity index is 702. The van der Waals surface area contributed by atoms with E-state index < -0.39 is 0 Å². The highest BCUT2D eigenvalue weighted by molar-refractivity contribution is 6.34. The first-order valence-electron chi connectivity index (χ1n) is 5.77. The lowest BCUT2D eigenvalue weighted by atomic mass is 10.2. The summed E-state index contributed by atoms with van der Waals surface area (Å²) < 4.78 is 11.1. The van der Waals surface area contributed by atoms with Gasteiger partial charge in [-0.2, -0.15) is 0 Å². The molecule has 1 heterocycles. The van der Waals surface area contributed by atoms with Crippen molar-refractivity contribution in [3.63, 3.8) is 0 Å². The third-order valence-electron chi connectivity index (χ3n) is 2.84. The van der Waals surface area contributed by atoms with Crippen molar-refractivity contribution >= 4 is 34.2 Å². The Morgan fingerprint density at radius 2 is 1.79 bits per heavy atom. The van der Waals surface area contributed by atoms with Gasteiger partial charge < -0.3 is 9.15 Å². The highest BCUT2D eigenvalue weighted by Gasteiger charge is 2.09. The number of hydrogen-bond donors (Lipinski definition) is 0. The van der Waals surface area contributed by atoms with E-state index in [1.54, 1.807) is 24.5 Å². The van der Waals surface area contributed by atoms with Crippen molar-refractivity contribution in [3.05, 3.63) is 64.3 Å². The summed E-state index contributed by atoms with van der Waals surface area (Å²) in [5.41, 5.74) is 1.66. The average molecular weight is 293 g/mol. The van der Waals surface area contributed by atoms with Crippen LogP contribution in [-0.2, 0) is 6.61 Å². The van der Waals surface area contributed by atoms with Gasteiger partial charge in [-0.3, -0.25) is 0 Å².